The van der Waals surface area contributed by atoms with Crippen LogP contribution in [0.4, 0.5) is 0 Å². The van der Waals surface area contributed by atoms with Gasteiger partial charge in [-0.25, -0.2) is 0 Å². The number of aromatic nitrogens is 2. The number of hydrogen-bond acceptors (Lipinski definition) is 4. The van der Waals surface area contributed by atoms with Gasteiger partial charge in [0.15, 0.2) is 0 Å². The van der Waals surface area contributed by atoms with Crippen molar-refractivity contribution in [1.29, 1.82) is 0 Å². The van der Waals surface area contributed by atoms with Crippen LogP contribution in [0.5, 0.6) is 5.88 Å². The van der Waals surface area contributed by atoms with Crippen molar-refractivity contribution < 1.29 is 64.2 Å². The Morgan fingerprint density at radius 2 is 2.08 bits per heavy atom. The fraction of sp³-hybridized carbons (Fsp3) is 0.200. The fourth-order valence-electron chi connectivity index (χ4n) is 0.647. The van der Waals surface area contributed by atoms with Gasteiger partial charge in [-0.1, -0.05) is 0 Å². The van der Waals surface area contributed by atoms with E-state index in [4.69, 9.17) is 0 Å². The number of rotatable bonds is 1. The maximum atomic E-state index is 10.8. The van der Waals surface area contributed by atoms with Crippen LogP contribution < -0.4 is 64.2 Å². The van der Waals surface area contributed by atoms with Gasteiger partial charge in [-0.3, -0.25) is 5.10 Å². The summed E-state index contributed by atoms with van der Waals surface area (Å²) in [6.07, 6.45) is 0. The zero-order chi connectivity index (χ0) is 7.72. The van der Waals surface area contributed by atoms with Crippen molar-refractivity contribution in [3.8, 4) is 5.88 Å². The fourth-order valence-corrected chi connectivity index (χ4v) is 1.13. The molecule has 0 aromatic carbocycles. The van der Waals surface area contributed by atoms with Crippen LogP contribution in [0.1, 0.15) is 11.3 Å². The molecule has 0 aliphatic rings. The van der Waals surface area contributed by atoms with Gasteiger partial charge in [0.2, 0.25) is 0 Å². The Hall–Kier alpha value is 1.32. The van der Waals surface area contributed by atoms with Crippen molar-refractivity contribution in [2.24, 2.45) is 0 Å². The van der Waals surface area contributed by atoms with Crippen molar-refractivity contribution in [2.45, 2.75) is 6.92 Å². The minimum atomic E-state index is -0.363. The van der Waals surface area contributed by atoms with Gasteiger partial charge in [0.05, 0.1) is 0 Å². The van der Waals surface area contributed by atoms with Gasteiger partial charge < -0.3 is 30.0 Å². The van der Waals surface area contributed by atoms with E-state index < -0.39 is 0 Å². The van der Waals surface area contributed by atoms with Crippen LogP contribution in [-0.4, -0.2) is 14.4 Å². The van der Waals surface area contributed by atoms with Gasteiger partial charge >= 0.3 is 59.1 Å². The number of nitrogens with one attached hydrogen (secondary N) is 1. The first kappa shape index (κ1) is 15.8. The predicted octanol–water partition coefficient (Wildman–Crippen LogP) is -5.98. The molecular weight excluding hydrogens is 214 g/mol. The first-order valence-electron chi connectivity index (χ1n) is 2.56. The molecule has 0 aliphatic heterocycles. The quantitative estimate of drug-likeness (QED) is 0.290. The number of nitrogens with zero attached hydrogens (tertiary/aromatic N) is 1. The van der Waals surface area contributed by atoms with Crippen LogP contribution >= 0.6 is 12.2 Å². The molecule has 0 amide bonds. The largest absolute Gasteiger partial charge is 1.00 e. The van der Waals surface area contributed by atoms with Gasteiger partial charge in [0.1, 0.15) is 0 Å². The Balaban J connectivity index is 0. The monoisotopic (exact) mass is 218 g/mol. The summed E-state index contributed by atoms with van der Waals surface area (Å²) < 4.78 is 0.177. The summed E-state index contributed by atoms with van der Waals surface area (Å²) in [7, 11) is 0. The molecule has 1 heterocycles. The van der Waals surface area contributed by atoms with E-state index >= 15 is 0 Å². The first-order chi connectivity index (χ1) is 4.63. The topological polar surface area (TPSA) is 51.7 Å². The molecule has 54 valence electrons. The van der Waals surface area contributed by atoms with Crippen LogP contribution in [0.3, 0.4) is 0 Å². The SMILES string of the molecule is Cc1[nH]nc([O-])c1C(=S)[S-].[Na+].[Na+]. The molecule has 0 unspecified atom stereocenters. The molecule has 0 saturated heterocycles. The van der Waals surface area contributed by atoms with Gasteiger partial charge in [-0.05, 0) is 12.5 Å². The number of aromatic amines is 1. The molecule has 1 rings (SSSR count). The molecule has 0 radical (unpaired) electrons. The Morgan fingerprint density at radius 3 is 2.25 bits per heavy atom. The van der Waals surface area contributed by atoms with Crippen LogP contribution in [0.2, 0.25) is 0 Å². The third kappa shape index (κ3) is 3.59. The summed E-state index contributed by atoms with van der Waals surface area (Å²) >= 11 is 9.29. The molecule has 1 aromatic rings. The Bertz CT molecular complexity index is 257. The Labute approximate surface area is 126 Å². The standard InChI is InChI=1S/C5H6N2OS2.2Na/c1-2-3(5(9)10)4(8)7-6-2;;/h1H3,(H,9,10)(H2,6,7,8);;/q;2*+1/p-2. The van der Waals surface area contributed by atoms with Gasteiger partial charge in [0, 0.05) is 11.6 Å². The van der Waals surface area contributed by atoms with Crippen LogP contribution in [0, 0.1) is 6.92 Å². The number of thiocarbonyl (C=S) groups is 1. The zero-order valence-corrected chi connectivity index (χ0v) is 12.8. The Kier molecular flexibility index (Phi) is 8.84. The van der Waals surface area contributed by atoms with Gasteiger partial charge in [-0.15, -0.1) is 4.20 Å². The van der Waals surface area contributed by atoms with E-state index in [9.17, 15) is 5.11 Å². The van der Waals surface area contributed by atoms with E-state index in [-0.39, 0.29) is 69.2 Å². The summed E-state index contributed by atoms with van der Waals surface area (Å²) in [5.74, 6) is -0.363. The molecule has 0 aliphatic carbocycles. The van der Waals surface area contributed by atoms with Crippen molar-refractivity contribution >= 4 is 29.0 Å². The van der Waals surface area contributed by atoms with Crippen molar-refractivity contribution in [3.05, 3.63) is 11.3 Å². The second kappa shape index (κ2) is 6.73. The van der Waals surface area contributed by atoms with Crippen LogP contribution in [-0.2, 0) is 12.6 Å². The van der Waals surface area contributed by atoms with E-state index in [1.165, 1.54) is 0 Å². The van der Waals surface area contributed by atoms with E-state index in [2.05, 4.69) is 35.0 Å². The summed E-state index contributed by atoms with van der Waals surface area (Å²) in [6, 6.07) is 0. The van der Waals surface area contributed by atoms with Gasteiger partial charge in [0.25, 0.3) is 0 Å². The first-order valence-corrected chi connectivity index (χ1v) is 3.38. The molecule has 0 saturated carbocycles. The molecule has 0 fully saturated rings. The maximum absolute atomic E-state index is 10.8. The molecule has 1 aromatic heterocycles. The predicted molar refractivity (Wildman–Crippen MR) is 41.8 cm³/mol. The van der Waals surface area contributed by atoms with Crippen molar-refractivity contribution in [3.63, 3.8) is 0 Å². The average molecular weight is 218 g/mol. The van der Waals surface area contributed by atoms with E-state index in [1.54, 1.807) is 6.92 Å². The smallest absolute Gasteiger partial charge is 0.857 e. The van der Waals surface area contributed by atoms with Crippen molar-refractivity contribution in [1.82, 2.24) is 10.2 Å². The Morgan fingerprint density at radius 1 is 1.58 bits per heavy atom. The second-order valence-corrected chi connectivity index (χ2v) is 2.89. The average Bonchev–Trinajstić information content (AvgIpc) is 2.11. The molecule has 0 atom stereocenters. The molecule has 0 spiro atoms. The molecule has 3 nitrogen and oxygen atoms in total. The van der Waals surface area contributed by atoms with E-state index in [0.29, 0.717) is 11.3 Å². The second-order valence-electron chi connectivity index (χ2n) is 1.82. The van der Waals surface area contributed by atoms with E-state index in [1.807, 2.05) is 0 Å². The third-order valence-electron chi connectivity index (χ3n) is 1.12. The minimum Gasteiger partial charge on any atom is -0.857 e. The molecule has 7 heteroatoms. The number of H-pyrrole nitrogens is 1. The number of aryl methyl sites for hydroxylation is 1. The summed E-state index contributed by atoms with van der Waals surface area (Å²) in [6.45, 7) is 1.71. The maximum Gasteiger partial charge on any atom is 1.00 e. The van der Waals surface area contributed by atoms with Crippen LogP contribution in [0.25, 0.3) is 0 Å². The van der Waals surface area contributed by atoms with Crippen LogP contribution in [0.15, 0.2) is 0 Å². The molecule has 12 heavy (non-hydrogen) atoms. The number of hydrogen-bond donors (Lipinski definition) is 1. The zero-order valence-electron chi connectivity index (χ0n) is 7.17. The molecular formula is C5H4N2Na2OS2. The summed E-state index contributed by atoms with van der Waals surface area (Å²) in [5, 5.41) is 16.7. The molecule has 1 N–H and O–H groups in total. The minimum absolute atomic E-state index is 0. The van der Waals surface area contributed by atoms with Gasteiger partial charge in [-0.2, -0.15) is 5.10 Å². The van der Waals surface area contributed by atoms with Crippen molar-refractivity contribution in [2.75, 3.05) is 0 Å². The molecule has 0 bridgehead atoms. The summed E-state index contributed by atoms with van der Waals surface area (Å²) in [4.78, 5) is 0. The summed E-state index contributed by atoms with van der Waals surface area (Å²) in [5.41, 5.74) is 0.995. The normalized spacial score (nSPS) is 8.08. The third-order valence-corrected chi connectivity index (χ3v) is 1.53. The van der Waals surface area contributed by atoms with E-state index in [0.717, 1.165) is 0 Å².